The highest BCUT2D eigenvalue weighted by Gasteiger charge is 2.25. The Morgan fingerprint density at radius 2 is 2.15 bits per heavy atom. The number of sulfonamides is 1. The number of hydroxylamine groups is 1. The molecule has 3 rings (SSSR count). The summed E-state index contributed by atoms with van der Waals surface area (Å²) in [6, 6.07) is 3.92. The SMILES string of the molecule is CON(C)S(=O)(=O)c1cc(NC(=O)c2cnc3sccn3c2=O)ccc1Cl. The maximum Gasteiger partial charge on any atom is 0.271 e. The second-order valence-electron chi connectivity index (χ2n) is 5.23. The summed E-state index contributed by atoms with van der Waals surface area (Å²) >= 11 is 7.24. The van der Waals surface area contributed by atoms with Crippen LogP contribution in [0.5, 0.6) is 0 Å². The van der Waals surface area contributed by atoms with Crippen molar-refractivity contribution in [2.75, 3.05) is 19.5 Å². The van der Waals surface area contributed by atoms with E-state index in [1.54, 1.807) is 5.38 Å². The van der Waals surface area contributed by atoms with Gasteiger partial charge in [-0.1, -0.05) is 16.1 Å². The largest absolute Gasteiger partial charge is 0.322 e. The minimum absolute atomic E-state index is 0.0432. The maximum atomic E-state index is 12.5. The van der Waals surface area contributed by atoms with Crippen LogP contribution in [0.2, 0.25) is 5.02 Å². The molecule has 0 spiro atoms. The number of nitrogens with zero attached hydrogens (tertiary/aromatic N) is 3. The zero-order valence-electron chi connectivity index (χ0n) is 14.0. The van der Waals surface area contributed by atoms with Crippen LogP contribution in [-0.4, -0.2) is 42.3 Å². The quantitative estimate of drug-likeness (QED) is 0.621. The fourth-order valence-corrected chi connectivity index (χ4v) is 4.34. The number of rotatable bonds is 5. The summed E-state index contributed by atoms with van der Waals surface area (Å²) in [5.74, 6) is -0.723. The van der Waals surface area contributed by atoms with Crippen LogP contribution in [0, 0.1) is 0 Å². The van der Waals surface area contributed by atoms with Crippen LogP contribution in [0.15, 0.2) is 45.7 Å². The fourth-order valence-electron chi connectivity index (χ4n) is 2.19. The Balaban J connectivity index is 1.96. The Kier molecular flexibility index (Phi) is 5.31. The number of nitrogens with one attached hydrogen (secondary N) is 1. The van der Waals surface area contributed by atoms with Gasteiger partial charge in [0.15, 0.2) is 4.96 Å². The molecule has 27 heavy (non-hydrogen) atoms. The summed E-state index contributed by atoms with van der Waals surface area (Å²) in [5, 5.41) is 4.11. The molecule has 1 aromatic carbocycles. The van der Waals surface area contributed by atoms with E-state index in [1.165, 1.54) is 60.5 Å². The molecule has 9 nitrogen and oxygen atoms in total. The third kappa shape index (κ3) is 3.59. The fraction of sp³-hybridized carbons (Fsp3) is 0.133. The molecule has 0 fully saturated rings. The number of benzene rings is 1. The van der Waals surface area contributed by atoms with Crippen molar-refractivity contribution in [3.05, 3.63) is 56.9 Å². The smallest absolute Gasteiger partial charge is 0.271 e. The van der Waals surface area contributed by atoms with Crippen LogP contribution < -0.4 is 10.9 Å². The first-order valence-corrected chi connectivity index (χ1v) is 10.0. The van der Waals surface area contributed by atoms with Crippen LogP contribution in [-0.2, 0) is 14.9 Å². The van der Waals surface area contributed by atoms with Gasteiger partial charge in [-0.3, -0.25) is 18.8 Å². The molecule has 0 atom stereocenters. The first-order valence-electron chi connectivity index (χ1n) is 7.34. The molecular formula is C15H13ClN4O5S2. The second kappa shape index (κ2) is 7.37. The van der Waals surface area contributed by atoms with E-state index in [9.17, 15) is 18.0 Å². The third-order valence-corrected chi connectivity index (χ3v) is 6.58. The Morgan fingerprint density at radius 3 is 2.85 bits per heavy atom. The molecule has 1 amide bonds. The van der Waals surface area contributed by atoms with Gasteiger partial charge >= 0.3 is 0 Å². The number of hydrogen-bond acceptors (Lipinski definition) is 7. The lowest BCUT2D eigenvalue weighted by atomic mass is 10.2. The molecule has 1 N–H and O–H groups in total. The number of fused-ring (bicyclic) bond motifs is 1. The van der Waals surface area contributed by atoms with Crippen molar-refractivity contribution in [2.45, 2.75) is 4.90 Å². The minimum Gasteiger partial charge on any atom is -0.322 e. The lowest BCUT2D eigenvalue weighted by molar-refractivity contribution is -0.0258. The predicted molar refractivity (Wildman–Crippen MR) is 101 cm³/mol. The van der Waals surface area contributed by atoms with Crippen molar-refractivity contribution in [1.29, 1.82) is 0 Å². The summed E-state index contributed by atoms with van der Waals surface area (Å²) in [6.07, 6.45) is 2.69. The number of thiazole rings is 1. The van der Waals surface area contributed by atoms with Gasteiger partial charge in [0.05, 0.1) is 12.1 Å². The average Bonchev–Trinajstić information content (AvgIpc) is 3.12. The van der Waals surface area contributed by atoms with Crippen molar-refractivity contribution in [3.8, 4) is 0 Å². The highest BCUT2D eigenvalue weighted by molar-refractivity contribution is 7.89. The van der Waals surface area contributed by atoms with Crippen LogP contribution in [0.1, 0.15) is 10.4 Å². The van der Waals surface area contributed by atoms with E-state index in [-0.39, 0.29) is 21.2 Å². The van der Waals surface area contributed by atoms with E-state index in [4.69, 9.17) is 16.4 Å². The van der Waals surface area contributed by atoms with E-state index in [2.05, 4.69) is 10.3 Å². The van der Waals surface area contributed by atoms with Crippen LogP contribution in [0.3, 0.4) is 0 Å². The highest BCUT2D eigenvalue weighted by atomic mass is 35.5. The van der Waals surface area contributed by atoms with E-state index >= 15 is 0 Å². The van der Waals surface area contributed by atoms with Gasteiger partial charge in [0.25, 0.3) is 21.5 Å². The molecule has 2 heterocycles. The molecule has 0 saturated heterocycles. The van der Waals surface area contributed by atoms with Gasteiger partial charge in [0.2, 0.25) is 0 Å². The average molecular weight is 429 g/mol. The predicted octanol–water partition coefficient (Wildman–Crippen LogP) is 1.84. The normalized spacial score (nSPS) is 11.9. The number of hydrogen-bond donors (Lipinski definition) is 1. The summed E-state index contributed by atoms with van der Waals surface area (Å²) < 4.78 is 26.7. The molecule has 0 aliphatic rings. The maximum absolute atomic E-state index is 12.5. The molecule has 142 valence electrons. The van der Waals surface area contributed by atoms with Gasteiger partial charge < -0.3 is 5.32 Å². The van der Waals surface area contributed by atoms with Gasteiger partial charge in [-0.2, -0.15) is 0 Å². The monoisotopic (exact) mass is 428 g/mol. The number of anilines is 1. The van der Waals surface area contributed by atoms with Crippen molar-refractivity contribution >= 4 is 49.5 Å². The molecule has 3 aromatic rings. The molecule has 0 aliphatic carbocycles. The molecule has 12 heteroatoms. The van der Waals surface area contributed by atoms with Crippen molar-refractivity contribution in [2.24, 2.45) is 0 Å². The third-order valence-electron chi connectivity index (χ3n) is 3.65. The van der Waals surface area contributed by atoms with Gasteiger partial charge in [-0.25, -0.2) is 13.4 Å². The molecule has 0 unspecified atom stereocenters. The summed E-state index contributed by atoms with van der Waals surface area (Å²) in [5.41, 5.74) is -0.568. The number of aromatic nitrogens is 2. The zero-order chi connectivity index (χ0) is 19.8. The van der Waals surface area contributed by atoms with Crippen LogP contribution in [0.4, 0.5) is 5.69 Å². The number of halogens is 1. The summed E-state index contributed by atoms with van der Waals surface area (Å²) in [7, 11) is -1.62. The summed E-state index contributed by atoms with van der Waals surface area (Å²) in [4.78, 5) is 33.8. The number of amides is 1. The van der Waals surface area contributed by atoms with Gasteiger partial charge in [0, 0.05) is 30.5 Å². The lowest BCUT2D eigenvalue weighted by Gasteiger charge is -2.16. The highest BCUT2D eigenvalue weighted by Crippen LogP contribution is 2.27. The second-order valence-corrected chi connectivity index (χ2v) is 8.41. The molecule has 0 radical (unpaired) electrons. The summed E-state index contributed by atoms with van der Waals surface area (Å²) in [6.45, 7) is 0. The zero-order valence-corrected chi connectivity index (χ0v) is 16.4. The van der Waals surface area contributed by atoms with Crippen LogP contribution in [0.25, 0.3) is 4.96 Å². The van der Waals surface area contributed by atoms with E-state index in [0.29, 0.717) is 9.43 Å². The van der Waals surface area contributed by atoms with Gasteiger partial charge in [-0.15, -0.1) is 11.3 Å². The Morgan fingerprint density at radius 1 is 1.41 bits per heavy atom. The first kappa shape index (κ1) is 19.5. The molecular weight excluding hydrogens is 416 g/mol. The van der Waals surface area contributed by atoms with E-state index in [0.717, 1.165) is 0 Å². The Labute approximate surface area is 162 Å². The van der Waals surface area contributed by atoms with Gasteiger partial charge in [-0.05, 0) is 18.2 Å². The molecule has 0 aliphatic heterocycles. The number of carbonyl (C=O) groups excluding carboxylic acids is 1. The lowest BCUT2D eigenvalue weighted by Crippen LogP contribution is -2.27. The standard InChI is InChI=1S/C15H13ClN4O5S2/c1-19(25-2)27(23,24)12-7-9(3-4-11(12)16)18-13(21)10-8-17-15-20(14(10)22)5-6-26-15/h3-8H,1-2H3,(H,18,21). The topological polar surface area (TPSA) is 110 Å². The first-order chi connectivity index (χ1) is 12.8. The Bertz CT molecular complexity index is 1190. The minimum atomic E-state index is -4.02. The van der Waals surface area contributed by atoms with Crippen molar-refractivity contribution in [1.82, 2.24) is 13.9 Å². The molecule has 2 aromatic heterocycles. The van der Waals surface area contributed by atoms with E-state index < -0.39 is 21.5 Å². The molecule has 0 bridgehead atoms. The number of carbonyl (C=O) groups is 1. The van der Waals surface area contributed by atoms with Crippen LogP contribution >= 0.6 is 22.9 Å². The van der Waals surface area contributed by atoms with Crippen molar-refractivity contribution in [3.63, 3.8) is 0 Å². The van der Waals surface area contributed by atoms with E-state index in [1.807, 2.05) is 0 Å². The van der Waals surface area contributed by atoms with Crippen molar-refractivity contribution < 1.29 is 18.0 Å². The van der Waals surface area contributed by atoms with Gasteiger partial charge in [0.1, 0.15) is 10.5 Å². The Hall–Kier alpha value is -2.31. The molecule has 0 saturated carbocycles.